The van der Waals surface area contributed by atoms with Crippen LogP contribution in [0.3, 0.4) is 0 Å². The number of rotatable bonds is 4. The van der Waals surface area contributed by atoms with Gasteiger partial charge in [0.15, 0.2) is 0 Å². The molecule has 1 aliphatic heterocycles. The lowest BCUT2D eigenvalue weighted by Gasteiger charge is -2.21. The summed E-state index contributed by atoms with van der Waals surface area (Å²) in [5, 5.41) is 0. The van der Waals surface area contributed by atoms with Crippen molar-refractivity contribution in [2.24, 2.45) is 0 Å². The molecule has 22 heavy (non-hydrogen) atoms. The van der Waals surface area contributed by atoms with E-state index < -0.39 is 22.0 Å². The van der Waals surface area contributed by atoms with Crippen molar-refractivity contribution >= 4 is 37.8 Å². The van der Waals surface area contributed by atoms with Crippen molar-refractivity contribution in [1.29, 1.82) is 0 Å². The molecule has 2 rings (SSSR count). The zero-order valence-corrected chi connectivity index (χ0v) is 14.2. The lowest BCUT2D eigenvalue weighted by Crippen LogP contribution is -2.42. The Labute approximate surface area is 136 Å². The van der Waals surface area contributed by atoms with E-state index >= 15 is 0 Å². The van der Waals surface area contributed by atoms with E-state index in [-0.39, 0.29) is 10.8 Å². The van der Waals surface area contributed by atoms with Crippen LogP contribution >= 0.6 is 15.9 Å². The highest BCUT2D eigenvalue weighted by molar-refractivity contribution is 9.10. The number of carbonyl (C=O) groups is 2. The monoisotopic (exact) mass is 390 g/mol. The fourth-order valence-corrected chi connectivity index (χ4v) is 4.05. The van der Waals surface area contributed by atoms with Gasteiger partial charge in [-0.3, -0.25) is 4.79 Å². The van der Waals surface area contributed by atoms with Crippen molar-refractivity contribution < 1.29 is 22.8 Å². The number of sulfonamides is 1. The zero-order valence-electron chi connectivity index (χ0n) is 11.8. The molecule has 1 atom stereocenters. The lowest BCUT2D eigenvalue weighted by molar-refractivity contribution is -0.155. The van der Waals surface area contributed by atoms with E-state index in [4.69, 9.17) is 0 Å². The molecule has 9 heteroatoms. The molecule has 0 saturated carbocycles. The molecule has 0 aliphatic carbocycles. The first-order valence-corrected chi connectivity index (χ1v) is 8.85. The Morgan fingerprint density at radius 2 is 2.05 bits per heavy atom. The number of amides is 1. The molecule has 1 heterocycles. The summed E-state index contributed by atoms with van der Waals surface area (Å²) in [7, 11) is -4.00. The minimum absolute atomic E-state index is 0.0438. The van der Waals surface area contributed by atoms with Crippen LogP contribution in [-0.4, -0.2) is 37.8 Å². The lowest BCUT2D eigenvalue weighted by atomic mass is 10.2. The largest absolute Gasteiger partial charge is 0.353 e. The first kappa shape index (κ1) is 16.9. The van der Waals surface area contributed by atoms with Crippen molar-refractivity contribution in [3.05, 3.63) is 28.7 Å². The van der Waals surface area contributed by atoms with Crippen LogP contribution in [0.25, 0.3) is 0 Å². The van der Waals surface area contributed by atoms with Gasteiger partial charge in [0, 0.05) is 17.9 Å². The van der Waals surface area contributed by atoms with E-state index in [9.17, 15) is 18.0 Å². The van der Waals surface area contributed by atoms with Crippen LogP contribution in [0.4, 0.5) is 0 Å². The zero-order chi connectivity index (χ0) is 16.3. The number of halogens is 1. The quantitative estimate of drug-likeness (QED) is 0.779. The van der Waals surface area contributed by atoms with Gasteiger partial charge in [0.1, 0.15) is 6.04 Å². The summed E-state index contributed by atoms with van der Waals surface area (Å²) in [6.07, 6.45) is 1.13. The molecule has 0 aromatic heterocycles. The third kappa shape index (κ3) is 3.65. The minimum Gasteiger partial charge on any atom is -0.353 e. The Balaban J connectivity index is 2.05. The molecular formula is C13H15BrN2O5S. The van der Waals surface area contributed by atoms with Gasteiger partial charge in [-0.25, -0.2) is 13.2 Å². The summed E-state index contributed by atoms with van der Waals surface area (Å²) < 4.78 is 24.5. The molecule has 1 N–H and O–H groups in total. The molecule has 1 unspecified atom stereocenters. The summed E-state index contributed by atoms with van der Waals surface area (Å²) in [6.45, 7) is 1.82. The predicted molar refractivity (Wildman–Crippen MR) is 81.0 cm³/mol. The molecule has 1 saturated heterocycles. The number of hydrogen-bond donors (Lipinski definition) is 1. The molecule has 0 bridgehead atoms. The topological polar surface area (TPSA) is 92.8 Å². The molecule has 1 aliphatic rings. The molecule has 0 radical (unpaired) electrons. The molecule has 1 fully saturated rings. The molecule has 0 spiro atoms. The molecular weight excluding hydrogens is 376 g/mol. The highest BCUT2D eigenvalue weighted by Crippen LogP contribution is 2.22. The van der Waals surface area contributed by atoms with Gasteiger partial charge >= 0.3 is 5.97 Å². The Bertz CT molecular complexity index is 691. The summed E-state index contributed by atoms with van der Waals surface area (Å²) >= 11 is 3.12. The first-order valence-electron chi connectivity index (χ1n) is 6.57. The van der Waals surface area contributed by atoms with Gasteiger partial charge in [0.05, 0.1) is 4.90 Å². The number of hydrogen-bond acceptors (Lipinski definition) is 5. The first-order chi connectivity index (χ1) is 10.3. The van der Waals surface area contributed by atoms with Crippen molar-refractivity contribution in [1.82, 2.24) is 9.79 Å². The molecule has 1 aromatic rings. The van der Waals surface area contributed by atoms with Gasteiger partial charge in [-0.2, -0.15) is 0 Å². The average molecular weight is 391 g/mol. The van der Waals surface area contributed by atoms with E-state index in [1.165, 1.54) is 17.9 Å². The Morgan fingerprint density at radius 1 is 1.36 bits per heavy atom. The van der Waals surface area contributed by atoms with Crippen LogP contribution in [0.1, 0.15) is 19.8 Å². The van der Waals surface area contributed by atoms with Crippen LogP contribution in [-0.2, 0) is 24.4 Å². The summed E-state index contributed by atoms with van der Waals surface area (Å²) in [4.78, 5) is 31.2. The van der Waals surface area contributed by atoms with Crippen LogP contribution in [0.2, 0.25) is 0 Å². The van der Waals surface area contributed by atoms with E-state index in [0.717, 1.165) is 0 Å². The van der Waals surface area contributed by atoms with Crippen molar-refractivity contribution in [3.8, 4) is 0 Å². The number of carbonyl (C=O) groups excluding carboxylic acids is 2. The van der Waals surface area contributed by atoms with Gasteiger partial charge in [-0.05, 0) is 45.8 Å². The third-order valence-electron chi connectivity index (χ3n) is 3.31. The van der Waals surface area contributed by atoms with Gasteiger partial charge in [-0.15, -0.1) is 0 Å². The molecule has 120 valence electrons. The van der Waals surface area contributed by atoms with Crippen LogP contribution in [0, 0.1) is 0 Å². The normalized spacial score (nSPS) is 18.3. The van der Waals surface area contributed by atoms with E-state index in [0.29, 0.717) is 23.9 Å². The molecule has 7 nitrogen and oxygen atoms in total. The molecule has 1 amide bonds. The Morgan fingerprint density at radius 3 is 2.68 bits per heavy atom. The minimum atomic E-state index is -4.00. The maximum absolute atomic E-state index is 12.1. The third-order valence-corrected chi connectivity index (χ3v) is 5.50. The SMILES string of the molecule is CC(=O)N1CCCC1C(=O)ONS(=O)(=O)c1ccccc1Br. The Kier molecular flexibility index (Phi) is 5.20. The second-order valence-electron chi connectivity index (χ2n) is 4.81. The fourth-order valence-electron chi connectivity index (χ4n) is 2.26. The highest BCUT2D eigenvalue weighted by Gasteiger charge is 2.34. The number of likely N-dealkylation sites (tertiary alicyclic amines) is 1. The number of benzene rings is 1. The average Bonchev–Trinajstić information content (AvgIpc) is 2.95. The highest BCUT2D eigenvalue weighted by atomic mass is 79.9. The van der Waals surface area contributed by atoms with Gasteiger partial charge in [0.2, 0.25) is 5.91 Å². The predicted octanol–water partition coefficient (Wildman–Crippen LogP) is 1.20. The van der Waals surface area contributed by atoms with Gasteiger partial charge in [-0.1, -0.05) is 12.1 Å². The maximum atomic E-state index is 12.1. The maximum Gasteiger partial charge on any atom is 0.348 e. The fraction of sp³-hybridized carbons (Fsp3) is 0.385. The van der Waals surface area contributed by atoms with Crippen LogP contribution in [0.5, 0.6) is 0 Å². The van der Waals surface area contributed by atoms with Crippen LogP contribution in [0.15, 0.2) is 33.6 Å². The Hall–Kier alpha value is -1.45. The number of nitrogens with zero attached hydrogens (tertiary/aromatic N) is 1. The van der Waals surface area contributed by atoms with Crippen LogP contribution < -0.4 is 4.89 Å². The summed E-state index contributed by atoms with van der Waals surface area (Å²) in [6, 6.07) is 5.40. The smallest absolute Gasteiger partial charge is 0.348 e. The van der Waals surface area contributed by atoms with E-state index in [2.05, 4.69) is 20.8 Å². The summed E-state index contributed by atoms with van der Waals surface area (Å²) in [5.41, 5.74) is 0. The molecule has 1 aromatic carbocycles. The van der Waals surface area contributed by atoms with Crippen molar-refractivity contribution in [3.63, 3.8) is 0 Å². The second kappa shape index (κ2) is 6.76. The number of nitrogens with one attached hydrogen (secondary N) is 1. The van der Waals surface area contributed by atoms with Gasteiger partial charge in [0.25, 0.3) is 10.0 Å². The van der Waals surface area contributed by atoms with E-state index in [1.54, 1.807) is 23.1 Å². The van der Waals surface area contributed by atoms with Crippen molar-refractivity contribution in [2.45, 2.75) is 30.7 Å². The van der Waals surface area contributed by atoms with E-state index in [1.807, 2.05) is 0 Å². The summed E-state index contributed by atoms with van der Waals surface area (Å²) in [5.74, 6) is -1.03. The second-order valence-corrected chi connectivity index (χ2v) is 7.28. The standard InChI is InChI=1S/C13H15BrN2O5S/c1-9(17)16-8-4-6-11(16)13(18)21-15-22(19,20)12-7-3-2-5-10(12)14/h2-3,5,7,11,15H,4,6,8H2,1H3. The van der Waals surface area contributed by atoms with Gasteiger partial charge < -0.3 is 9.74 Å². The van der Waals surface area contributed by atoms with Crippen molar-refractivity contribution in [2.75, 3.05) is 6.54 Å².